The zero-order valence-electron chi connectivity index (χ0n) is 11.3. The maximum atomic E-state index is 10.9. The van der Waals surface area contributed by atoms with Gasteiger partial charge in [0.15, 0.2) is 5.96 Å². The van der Waals surface area contributed by atoms with Crippen LogP contribution in [0.3, 0.4) is 0 Å². The smallest absolute Gasteiger partial charge is 0.188 e. The van der Waals surface area contributed by atoms with Crippen LogP contribution in [-0.4, -0.2) is 39.5 Å². The van der Waals surface area contributed by atoms with Crippen LogP contribution in [0.25, 0.3) is 0 Å². The molecule has 0 atom stereocenters. The maximum absolute atomic E-state index is 10.9. The van der Waals surface area contributed by atoms with Crippen LogP contribution in [-0.2, 0) is 9.84 Å². The summed E-state index contributed by atoms with van der Waals surface area (Å²) in [6.07, 6.45) is 6.50. The summed E-state index contributed by atoms with van der Waals surface area (Å²) < 4.78 is 21.7. The molecular weight excluding hydrogens is 365 g/mol. The molecular formula is C11H26IN3O2S. The van der Waals surface area contributed by atoms with Gasteiger partial charge in [0, 0.05) is 19.3 Å². The van der Waals surface area contributed by atoms with Crippen molar-refractivity contribution in [2.45, 2.75) is 39.0 Å². The molecule has 110 valence electrons. The fourth-order valence-electron chi connectivity index (χ4n) is 1.35. The quantitative estimate of drug-likeness (QED) is 0.270. The van der Waals surface area contributed by atoms with Gasteiger partial charge in [-0.3, -0.25) is 4.99 Å². The van der Waals surface area contributed by atoms with Crippen LogP contribution in [0.1, 0.15) is 39.0 Å². The van der Waals surface area contributed by atoms with Crippen LogP contribution in [0.4, 0.5) is 0 Å². The molecule has 0 heterocycles. The minimum atomic E-state index is -2.88. The first-order chi connectivity index (χ1) is 7.95. The van der Waals surface area contributed by atoms with E-state index >= 15 is 0 Å². The van der Waals surface area contributed by atoms with Crippen LogP contribution in [0.2, 0.25) is 0 Å². The lowest BCUT2D eigenvalue weighted by Crippen LogP contribution is -2.32. The van der Waals surface area contributed by atoms with Crippen LogP contribution < -0.4 is 11.1 Å². The van der Waals surface area contributed by atoms with E-state index in [1.165, 1.54) is 25.5 Å². The van der Waals surface area contributed by atoms with Gasteiger partial charge in [-0.25, -0.2) is 8.42 Å². The lowest BCUT2D eigenvalue weighted by Gasteiger charge is -2.04. The lowest BCUT2D eigenvalue weighted by atomic mass is 10.2. The number of hydrogen-bond acceptors (Lipinski definition) is 3. The summed E-state index contributed by atoms with van der Waals surface area (Å²) in [4.78, 5) is 4.06. The topological polar surface area (TPSA) is 84.5 Å². The molecule has 0 aromatic carbocycles. The van der Waals surface area contributed by atoms with Crippen LogP contribution in [0.15, 0.2) is 4.99 Å². The normalized spacial score (nSPS) is 12.0. The number of hydrogen-bond donors (Lipinski definition) is 2. The fraction of sp³-hybridized carbons (Fsp3) is 0.909. The van der Waals surface area contributed by atoms with Crippen LogP contribution >= 0.6 is 24.0 Å². The molecule has 0 saturated heterocycles. The van der Waals surface area contributed by atoms with Crippen molar-refractivity contribution in [3.8, 4) is 0 Å². The lowest BCUT2D eigenvalue weighted by molar-refractivity contribution is 0.599. The Kier molecular flexibility index (Phi) is 13.5. The van der Waals surface area contributed by atoms with Gasteiger partial charge in [-0.05, 0) is 12.8 Å². The molecule has 0 aromatic rings. The number of guanidine groups is 1. The standard InChI is InChI=1S/C11H25N3O2S.HI/c1-3-4-5-6-8-13-11(12)14-9-7-10-17(2,15)16;/h3-10H2,1-2H3,(H3,12,13,14);1H. The molecule has 0 radical (unpaired) electrons. The van der Waals surface area contributed by atoms with Gasteiger partial charge >= 0.3 is 0 Å². The van der Waals surface area contributed by atoms with E-state index in [-0.39, 0.29) is 29.7 Å². The Morgan fingerprint density at radius 2 is 1.89 bits per heavy atom. The fourth-order valence-corrected chi connectivity index (χ4v) is 2.00. The van der Waals surface area contributed by atoms with E-state index in [1.807, 2.05) is 0 Å². The van der Waals surface area contributed by atoms with Gasteiger partial charge in [0.25, 0.3) is 0 Å². The highest BCUT2D eigenvalue weighted by Crippen LogP contribution is 1.96. The van der Waals surface area contributed by atoms with E-state index in [1.54, 1.807) is 0 Å². The summed E-state index contributed by atoms with van der Waals surface area (Å²) in [7, 11) is -2.88. The number of rotatable bonds is 9. The largest absolute Gasteiger partial charge is 0.370 e. The molecule has 0 aliphatic rings. The number of nitrogens with zero attached hydrogens (tertiary/aromatic N) is 1. The molecule has 0 fully saturated rings. The summed E-state index contributed by atoms with van der Waals surface area (Å²) in [6.45, 7) is 3.47. The maximum Gasteiger partial charge on any atom is 0.188 e. The highest BCUT2D eigenvalue weighted by molar-refractivity contribution is 14.0. The predicted molar refractivity (Wildman–Crippen MR) is 88.4 cm³/mol. The second kappa shape index (κ2) is 12.0. The summed E-state index contributed by atoms with van der Waals surface area (Å²) in [5, 5.41) is 3.02. The first kappa shape index (κ1) is 20.3. The van der Waals surface area contributed by atoms with Crippen molar-refractivity contribution < 1.29 is 8.42 Å². The van der Waals surface area contributed by atoms with Crippen LogP contribution in [0, 0.1) is 0 Å². The molecule has 0 saturated carbocycles. The molecule has 3 N–H and O–H groups in total. The number of unbranched alkanes of at least 4 members (excludes halogenated alkanes) is 3. The average Bonchev–Trinajstić information content (AvgIpc) is 2.23. The zero-order valence-corrected chi connectivity index (χ0v) is 14.5. The van der Waals surface area contributed by atoms with Gasteiger partial charge in [0.05, 0.1) is 5.75 Å². The Labute approximate surface area is 128 Å². The number of nitrogens with one attached hydrogen (secondary N) is 1. The monoisotopic (exact) mass is 391 g/mol. The number of aliphatic imine (C=N–C) groups is 1. The van der Waals surface area contributed by atoms with E-state index in [9.17, 15) is 8.42 Å². The van der Waals surface area contributed by atoms with Crippen molar-refractivity contribution in [3.05, 3.63) is 0 Å². The van der Waals surface area contributed by atoms with Gasteiger partial charge in [0.2, 0.25) is 0 Å². The Balaban J connectivity index is 0. The third-order valence-electron chi connectivity index (χ3n) is 2.29. The van der Waals surface area contributed by atoms with E-state index in [2.05, 4.69) is 17.2 Å². The Morgan fingerprint density at radius 1 is 1.22 bits per heavy atom. The minimum Gasteiger partial charge on any atom is -0.370 e. The molecule has 0 aliphatic heterocycles. The number of halogens is 1. The molecule has 0 unspecified atom stereocenters. The Hall–Kier alpha value is -0.0500. The van der Waals surface area contributed by atoms with E-state index in [0.29, 0.717) is 18.9 Å². The third kappa shape index (κ3) is 16.0. The number of nitrogens with two attached hydrogens (primary N) is 1. The Bertz CT molecular complexity index is 318. The second-order valence-electron chi connectivity index (χ2n) is 4.24. The molecule has 18 heavy (non-hydrogen) atoms. The highest BCUT2D eigenvalue weighted by atomic mass is 127. The van der Waals surface area contributed by atoms with Crippen molar-refractivity contribution >= 4 is 39.8 Å². The molecule has 0 spiro atoms. The van der Waals surface area contributed by atoms with Crippen molar-refractivity contribution in [3.63, 3.8) is 0 Å². The summed E-state index contributed by atoms with van der Waals surface area (Å²) >= 11 is 0. The highest BCUT2D eigenvalue weighted by Gasteiger charge is 2.00. The third-order valence-corrected chi connectivity index (χ3v) is 3.32. The molecule has 0 bridgehead atoms. The number of sulfone groups is 1. The van der Waals surface area contributed by atoms with Gasteiger partial charge in [-0.2, -0.15) is 0 Å². The molecule has 0 rings (SSSR count). The SMILES string of the molecule is CCCCCCNC(N)=NCCCS(C)(=O)=O.I. The second-order valence-corrected chi connectivity index (χ2v) is 6.50. The molecule has 0 amide bonds. The van der Waals surface area contributed by atoms with E-state index in [4.69, 9.17) is 5.73 Å². The molecule has 0 aromatic heterocycles. The van der Waals surface area contributed by atoms with E-state index in [0.717, 1.165) is 13.0 Å². The first-order valence-corrected chi connectivity index (χ1v) is 8.23. The summed E-state index contributed by atoms with van der Waals surface area (Å²) in [5.41, 5.74) is 5.63. The minimum absolute atomic E-state index is 0. The average molecular weight is 391 g/mol. The van der Waals surface area contributed by atoms with E-state index < -0.39 is 9.84 Å². The van der Waals surface area contributed by atoms with Crippen molar-refractivity contribution in [2.75, 3.05) is 25.1 Å². The van der Waals surface area contributed by atoms with Gasteiger partial charge < -0.3 is 11.1 Å². The molecule has 7 heteroatoms. The molecule has 0 aliphatic carbocycles. The van der Waals surface area contributed by atoms with Gasteiger partial charge in [-0.15, -0.1) is 24.0 Å². The zero-order chi connectivity index (χ0) is 13.1. The first-order valence-electron chi connectivity index (χ1n) is 6.17. The van der Waals surface area contributed by atoms with Crippen molar-refractivity contribution in [2.24, 2.45) is 10.7 Å². The Morgan fingerprint density at radius 3 is 2.44 bits per heavy atom. The van der Waals surface area contributed by atoms with Crippen molar-refractivity contribution in [1.29, 1.82) is 0 Å². The van der Waals surface area contributed by atoms with Gasteiger partial charge in [0.1, 0.15) is 9.84 Å². The van der Waals surface area contributed by atoms with Crippen molar-refractivity contribution in [1.82, 2.24) is 5.32 Å². The van der Waals surface area contributed by atoms with Gasteiger partial charge in [-0.1, -0.05) is 26.2 Å². The summed E-state index contributed by atoms with van der Waals surface area (Å²) in [6, 6.07) is 0. The van der Waals surface area contributed by atoms with Crippen LogP contribution in [0.5, 0.6) is 0 Å². The predicted octanol–water partition coefficient (Wildman–Crippen LogP) is 1.52. The molecule has 5 nitrogen and oxygen atoms in total. The summed E-state index contributed by atoms with van der Waals surface area (Å²) in [5.74, 6) is 0.579.